The third-order valence-electron chi connectivity index (χ3n) is 3.89. The Morgan fingerprint density at radius 1 is 1.29 bits per heavy atom. The van der Waals surface area contributed by atoms with Gasteiger partial charge in [-0.3, -0.25) is 4.90 Å². The van der Waals surface area contributed by atoms with Crippen LogP contribution in [0.2, 0.25) is 0 Å². The minimum atomic E-state index is 0.224. The summed E-state index contributed by atoms with van der Waals surface area (Å²) in [5.41, 5.74) is 0.224. The molecule has 0 aliphatic carbocycles. The summed E-state index contributed by atoms with van der Waals surface area (Å²) in [5.74, 6) is 0. The van der Waals surface area contributed by atoms with Gasteiger partial charge in [0.2, 0.25) is 0 Å². The second-order valence-electron chi connectivity index (χ2n) is 6.68. The van der Waals surface area contributed by atoms with E-state index in [0.717, 1.165) is 12.6 Å². The third-order valence-corrected chi connectivity index (χ3v) is 3.89. The van der Waals surface area contributed by atoms with Gasteiger partial charge in [-0.1, -0.05) is 0 Å². The Balaban J connectivity index is 2.33. The van der Waals surface area contributed by atoms with Gasteiger partial charge in [-0.15, -0.1) is 0 Å². The van der Waals surface area contributed by atoms with Gasteiger partial charge in [0, 0.05) is 24.2 Å². The fourth-order valence-electron chi connectivity index (χ4n) is 2.36. The number of rotatable bonds is 4. The molecular formula is C14H31N3. The molecule has 3 heteroatoms. The standard InChI is InChI=1S/C14H31N3/c1-12(11-15-14(2,3)4)17(6)13-7-9-16(5)10-8-13/h12-13,15H,7-11H2,1-6H3. The van der Waals surface area contributed by atoms with Gasteiger partial charge in [0.05, 0.1) is 0 Å². The van der Waals surface area contributed by atoms with E-state index < -0.39 is 0 Å². The van der Waals surface area contributed by atoms with E-state index in [2.05, 4.69) is 56.9 Å². The van der Waals surface area contributed by atoms with Crippen molar-refractivity contribution in [1.29, 1.82) is 0 Å². The maximum absolute atomic E-state index is 3.60. The van der Waals surface area contributed by atoms with E-state index in [9.17, 15) is 0 Å². The van der Waals surface area contributed by atoms with Gasteiger partial charge in [-0.25, -0.2) is 0 Å². The van der Waals surface area contributed by atoms with Crippen LogP contribution in [0.3, 0.4) is 0 Å². The minimum absolute atomic E-state index is 0.224. The number of nitrogens with zero attached hydrogens (tertiary/aromatic N) is 2. The van der Waals surface area contributed by atoms with Gasteiger partial charge in [0.15, 0.2) is 0 Å². The van der Waals surface area contributed by atoms with Crippen LogP contribution in [0, 0.1) is 0 Å². The molecule has 17 heavy (non-hydrogen) atoms. The van der Waals surface area contributed by atoms with E-state index in [1.807, 2.05) is 0 Å². The van der Waals surface area contributed by atoms with Crippen LogP contribution in [0.15, 0.2) is 0 Å². The Morgan fingerprint density at radius 3 is 2.29 bits per heavy atom. The second kappa shape index (κ2) is 6.17. The molecule has 0 saturated carbocycles. The highest BCUT2D eigenvalue weighted by Gasteiger charge is 2.24. The number of likely N-dealkylation sites (N-methyl/N-ethyl adjacent to an activating group) is 1. The van der Waals surface area contributed by atoms with Crippen LogP contribution in [0.1, 0.15) is 40.5 Å². The lowest BCUT2D eigenvalue weighted by molar-refractivity contribution is 0.109. The molecule has 1 heterocycles. The van der Waals surface area contributed by atoms with Gasteiger partial charge >= 0.3 is 0 Å². The summed E-state index contributed by atoms with van der Waals surface area (Å²) in [6.45, 7) is 12.6. The van der Waals surface area contributed by atoms with E-state index in [0.29, 0.717) is 6.04 Å². The summed E-state index contributed by atoms with van der Waals surface area (Å²) < 4.78 is 0. The molecule has 1 unspecified atom stereocenters. The Labute approximate surface area is 108 Å². The first-order chi connectivity index (χ1) is 7.79. The molecule has 0 bridgehead atoms. The summed E-state index contributed by atoms with van der Waals surface area (Å²) in [6.07, 6.45) is 2.62. The monoisotopic (exact) mass is 241 g/mol. The first-order valence-electron chi connectivity index (χ1n) is 6.95. The van der Waals surface area contributed by atoms with Crippen LogP contribution in [0.5, 0.6) is 0 Å². The van der Waals surface area contributed by atoms with E-state index >= 15 is 0 Å². The molecule has 1 fully saturated rings. The van der Waals surface area contributed by atoms with Crippen molar-refractivity contribution in [3.63, 3.8) is 0 Å². The van der Waals surface area contributed by atoms with E-state index in [-0.39, 0.29) is 5.54 Å². The first-order valence-corrected chi connectivity index (χ1v) is 6.95. The highest BCUT2D eigenvalue weighted by molar-refractivity contribution is 4.82. The zero-order chi connectivity index (χ0) is 13.1. The number of hydrogen-bond donors (Lipinski definition) is 1. The Bertz CT molecular complexity index is 214. The fourth-order valence-corrected chi connectivity index (χ4v) is 2.36. The zero-order valence-corrected chi connectivity index (χ0v) is 12.6. The molecule has 0 aromatic rings. The van der Waals surface area contributed by atoms with Crippen molar-refractivity contribution >= 4 is 0 Å². The molecular weight excluding hydrogens is 210 g/mol. The molecule has 1 aliphatic rings. The number of piperidine rings is 1. The third kappa shape index (κ3) is 5.36. The molecule has 0 radical (unpaired) electrons. The minimum Gasteiger partial charge on any atom is -0.311 e. The molecule has 102 valence electrons. The maximum atomic E-state index is 3.60. The quantitative estimate of drug-likeness (QED) is 0.809. The normalized spacial score (nSPS) is 22.1. The number of likely N-dealkylation sites (tertiary alicyclic amines) is 1. The Kier molecular flexibility index (Phi) is 5.42. The second-order valence-corrected chi connectivity index (χ2v) is 6.68. The topological polar surface area (TPSA) is 18.5 Å². The molecule has 0 aromatic heterocycles. The maximum Gasteiger partial charge on any atom is 0.0192 e. The van der Waals surface area contributed by atoms with Crippen molar-refractivity contribution in [2.75, 3.05) is 33.7 Å². The van der Waals surface area contributed by atoms with E-state index in [4.69, 9.17) is 0 Å². The molecule has 1 N–H and O–H groups in total. The lowest BCUT2D eigenvalue weighted by atomic mass is 10.0. The van der Waals surface area contributed by atoms with Gasteiger partial charge in [-0.05, 0) is 67.7 Å². The van der Waals surface area contributed by atoms with Gasteiger partial charge < -0.3 is 10.2 Å². The highest BCUT2D eigenvalue weighted by atomic mass is 15.2. The summed E-state index contributed by atoms with van der Waals surface area (Å²) >= 11 is 0. The molecule has 1 atom stereocenters. The van der Waals surface area contributed by atoms with Crippen molar-refractivity contribution in [2.45, 2.75) is 58.2 Å². The van der Waals surface area contributed by atoms with Gasteiger partial charge in [-0.2, -0.15) is 0 Å². The van der Waals surface area contributed by atoms with Crippen molar-refractivity contribution in [3.8, 4) is 0 Å². The molecule has 0 amide bonds. The largest absolute Gasteiger partial charge is 0.311 e. The Morgan fingerprint density at radius 2 is 1.82 bits per heavy atom. The summed E-state index contributed by atoms with van der Waals surface area (Å²) in [7, 11) is 4.51. The van der Waals surface area contributed by atoms with Crippen LogP contribution in [-0.4, -0.2) is 61.2 Å². The van der Waals surface area contributed by atoms with Gasteiger partial charge in [0.1, 0.15) is 0 Å². The van der Waals surface area contributed by atoms with E-state index in [1.165, 1.54) is 25.9 Å². The summed E-state index contributed by atoms with van der Waals surface area (Å²) in [6, 6.07) is 1.38. The molecule has 1 aliphatic heterocycles. The molecule has 1 rings (SSSR count). The van der Waals surface area contributed by atoms with Crippen molar-refractivity contribution < 1.29 is 0 Å². The number of hydrogen-bond acceptors (Lipinski definition) is 3. The molecule has 0 spiro atoms. The average Bonchev–Trinajstić information content (AvgIpc) is 2.25. The number of nitrogens with one attached hydrogen (secondary N) is 1. The lowest BCUT2D eigenvalue weighted by Crippen LogP contribution is -2.50. The smallest absolute Gasteiger partial charge is 0.0192 e. The SMILES string of the molecule is CC(CNC(C)(C)C)N(C)C1CCN(C)CC1. The average molecular weight is 241 g/mol. The van der Waals surface area contributed by atoms with Crippen LogP contribution >= 0.6 is 0 Å². The first kappa shape index (κ1) is 14.9. The predicted octanol–water partition coefficient (Wildman–Crippen LogP) is 1.79. The van der Waals surface area contributed by atoms with Crippen molar-refractivity contribution in [3.05, 3.63) is 0 Å². The predicted molar refractivity (Wildman–Crippen MR) is 75.5 cm³/mol. The van der Waals surface area contributed by atoms with Crippen LogP contribution < -0.4 is 5.32 Å². The summed E-state index contributed by atoms with van der Waals surface area (Å²) in [4.78, 5) is 4.99. The van der Waals surface area contributed by atoms with Crippen LogP contribution in [-0.2, 0) is 0 Å². The van der Waals surface area contributed by atoms with Gasteiger partial charge in [0.25, 0.3) is 0 Å². The van der Waals surface area contributed by atoms with Crippen LogP contribution in [0.25, 0.3) is 0 Å². The van der Waals surface area contributed by atoms with E-state index in [1.54, 1.807) is 0 Å². The fraction of sp³-hybridized carbons (Fsp3) is 1.00. The zero-order valence-electron chi connectivity index (χ0n) is 12.6. The van der Waals surface area contributed by atoms with Crippen LogP contribution in [0.4, 0.5) is 0 Å². The molecule has 3 nitrogen and oxygen atoms in total. The Hall–Kier alpha value is -0.120. The summed E-state index contributed by atoms with van der Waals surface area (Å²) in [5, 5.41) is 3.60. The lowest BCUT2D eigenvalue weighted by Gasteiger charge is -2.39. The van der Waals surface area contributed by atoms with Crippen molar-refractivity contribution in [2.24, 2.45) is 0 Å². The molecule has 0 aromatic carbocycles. The molecule has 1 saturated heterocycles. The van der Waals surface area contributed by atoms with Crippen molar-refractivity contribution in [1.82, 2.24) is 15.1 Å². The highest BCUT2D eigenvalue weighted by Crippen LogP contribution is 2.16.